The number of sulfonamides is 1. The van der Waals surface area contributed by atoms with Gasteiger partial charge in [0.05, 0.1) is 11.8 Å². The lowest BCUT2D eigenvalue weighted by Gasteiger charge is -2.41. The van der Waals surface area contributed by atoms with E-state index in [4.69, 9.17) is 4.74 Å². The first kappa shape index (κ1) is 17.1. The second-order valence-corrected chi connectivity index (χ2v) is 6.82. The van der Waals surface area contributed by atoms with Gasteiger partial charge in [-0.25, -0.2) is 13.1 Å². The van der Waals surface area contributed by atoms with E-state index in [0.29, 0.717) is 26.0 Å². The minimum atomic E-state index is -3.20. The number of halogens is 1. The van der Waals surface area contributed by atoms with E-state index in [1.165, 1.54) is 6.08 Å². The number of hydrogen-bond acceptors (Lipinski definition) is 4. The van der Waals surface area contributed by atoms with Crippen molar-refractivity contribution in [3.05, 3.63) is 24.2 Å². The number of rotatable bonds is 8. The fourth-order valence-corrected chi connectivity index (χ4v) is 2.56. The third kappa shape index (κ3) is 5.22. The number of hydrogen-bond donors (Lipinski definition) is 1. The topological polar surface area (TPSA) is 58.6 Å². The van der Waals surface area contributed by atoms with Gasteiger partial charge in [0, 0.05) is 26.8 Å². The average Bonchev–Trinajstić information content (AvgIpc) is 2.34. The molecule has 0 bridgehead atoms. The molecule has 0 fully saturated rings. The fourth-order valence-electron chi connectivity index (χ4n) is 2.05. The first-order valence-corrected chi connectivity index (χ1v) is 8.35. The van der Waals surface area contributed by atoms with Gasteiger partial charge in [0.25, 0.3) is 0 Å². The lowest BCUT2D eigenvalue weighted by Crippen LogP contribution is -2.47. The van der Waals surface area contributed by atoms with Gasteiger partial charge >= 0.3 is 0 Å². The molecule has 115 valence electrons. The zero-order valence-corrected chi connectivity index (χ0v) is 13.0. The number of ether oxygens (including phenoxy) is 1. The van der Waals surface area contributed by atoms with Gasteiger partial charge in [0.15, 0.2) is 5.95 Å². The van der Waals surface area contributed by atoms with Gasteiger partial charge in [-0.2, -0.15) is 4.39 Å². The molecule has 0 spiro atoms. The highest BCUT2D eigenvalue weighted by molar-refractivity contribution is 7.88. The molecule has 0 amide bonds. The molecule has 7 heteroatoms. The van der Waals surface area contributed by atoms with Crippen LogP contribution in [0.5, 0.6) is 0 Å². The quantitative estimate of drug-likeness (QED) is 0.541. The van der Waals surface area contributed by atoms with Crippen LogP contribution in [-0.4, -0.2) is 51.9 Å². The zero-order chi connectivity index (χ0) is 15.2. The van der Waals surface area contributed by atoms with E-state index in [1.54, 1.807) is 18.1 Å². The molecule has 1 rings (SSSR count). The van der Waals surface area contributed by atoms with Crippen molar-refractivity contribution in [2.24, 2.45) is 0 Å². The highest BCUT2D eigenvalue weighted by Crippen LogP contribution is 2.29. The highest BCUT2D eigenvalue weighted by atomic mass is 32.2. The zero-order valence-electron chi connectivity index (χ0n) is 12.1. The largest absolute Gasteiger partial charge is 0.385 e. The van der Waals surface area contributed by atoms with Crippen molar-refractivity contribution in [3.63, 3.8) is 0 Å². The van der Waals surface area contributed by atoms with Crippen molar-refractivity contribution < 1.29 is 17.5 Å². The third-order valence-electron chi connectivity index (χ3n) is 3.18. The number of allylic oxidation sites excluding steroid dienone is 2. The summed E-state index contributed by atoms with van der Waals surface area (Å²) in [5.41, 5.74) is -0.570. The molecule has 5 nitrogen and oxygen atoms in total. The number of nitrogens with zero attached hydrogens (tertiary/aromatic N) is 1. The SMILES string of the molecule is COCCC1(C)[C]=CC=C(F)N1CCCNS(C)(=O)=O. The monoisotopic (exact) mass is 305 g/mol. The first-order valence-electron chi connectivity index (χ1n) is 6.46. The van der Waals surface area contributed by atoms with E-state index in [0.717, 1.165) is 6.26 Å². The molecule has 0 aliphatic carbocycles. The molecule has 1 heterocycles. The van der Waals surface area contributed by atoms with Crippen LogP contribution in [0.4, 0.5) is 4.39 Å². The minimum absolute atomic E-state index is 0.284. The molecule has 0 aromatic heterocycles. The van der Waals surface area contributed by atoms with Gasteiger partial charge in [-0.15, -0.1) is 0 Å². The van der Waals surface area contributed by atoms with Gasteiger partial charge in [0.1, 0.15) is 0 Å². The second-order valence-electron chi connectivity index (χ2n) is 4.99. The van der Waals surface area contributed by atoms with Crippen LogP contribution in [-0.2, 0) is 14.8 Å². The lowest BCUT2D eigenvalue weighted by molar-refractivity contribution is 0.0927. The van der Waals surface area contributed by atoms with Gasteiger partial charge in [-0.3, -0.25) is 0 Å². The Morgan fingerprint density at radius 2 is 2.25 bits per heavy atom. The van der Waals surface area contributed by atoms with Gasteiger partial charge < -0.3 is 9.64 Å². The summed E-state index contributed by atoms with van der Waals surface area (Å²) in [7, 11) is -1.60. The summed E-state index contributed by atoms with van der Waals surface area (Å²) >= 11 is 0. The minimum Gasteiger partial charge on any atom is -0.385 e. The van der Waals surface area contributed by atoms with Crippen LogP contribution in [0.25, 0.3) is 0 Å². The molecule has 0 saturated heterocycles. The van der Waals surface area contributed by atoms with E-state index < -0.39 is 15.6 Å². The van der Waals surface area contributed by atoms with E-state index >= 15 is 0 Å². The maximum atomic E-state index is 14.0. The molecular formula is C13H22FN2O3S. The van der Waals surface area contributed by atoms with Crippen LogP contribution in [0.1, 0.15) is 19.8 Å². The summed E-state index contributed by atoms with van der Waals surface area (Å²) < 4.78 is 43.4. The van der Waals surface area contributed by atoms with Gasteiger partial charge in [-0.05, 0) is 31.9 Å². The van der Waals surface area contributed by atoms with Crippen LogP contribution in [0, 0.1) is 6.08 Å². The van der Waals surface area contributed by atoms with Gasteiger partial charge in [0.2, 0.25) is 10.0 Å². The summed E-state index contributed by atoms with van der Waals surface area (Å²) in [4.78, 5) is 1.59. The van der Waals surface area contributed by atoms with Crippen molar-refractivity contribution in [2.45, 2.75) is 25.3 Å². The van der Waals surface area contributed by atoms with E-state index in [1.807, 2.05) is 6.92 Å². The van der Waals surface area contributed by atoms with Crippen molar-refractivity contribution in [2.75, 3.05) is 33.1 Å². The lowest BCUT2D eigenvalue weighted by atomic mass is 9.93. The molecule has 1 radical (unpaired) electrons. The molecule has 0 aromatic carbocycles. The molecule has 1 unspecified atom stereocenters. The number of methoxy groups -OCH3 is 1. The predicted octanol–water partition coefficient (Wildman–Crippen LogP) is 1.21. The third-order valence-corrected chi connectivity index (χ3v) is 3.91. The Hall–Kier alpha value is -0.920. The Bertz CT molecular complexity index is 476. The van der Waals surface area contributed by atoms with E-state index in [-0.39, 0.29) is 12.5 Å². The van der Waals surface area contributed by atoms with E-state index in [9.17, 15) is 12.8 Å². The smallest absolute Gasteiger partial charge is 0.208 e. The van der Waals surface area contributed by atoms with Crippen molar-refractivity contribution in [1.29, 1.82) is 0 Å². The van der Waals surface area contributed by atoms with Crippen LogP contribution in [0.3, 0.4) is 0 Å². The summed E-state index contributed by atoms with van der Waals surface area (Å²) in [6.45, 7) is 3.08. The molecule has 0 saturated carbocycles. The van der Waals surface area contributed by atoms with Crippen LogP contribution in [0.2, 0.25) is 0 Å². The Morgan fingerprint density at radius 1 is 1.55 bits per heavy atom. The summed E-state index contributed by atoms with van der Waals surface area (Å²) in [5.74, 6) is -0.332. The first-order chi connectivity index (χ1) is 9.28. The molecule has 0 aromatic rings. The normalized spacial score (nSPS) is 23.0. The maximum Gasteiger partial charge on any atom is 0.208 e. The average molecular weight is 305 g/mol. The number of nitrogens with one attached hydrogen (secondary N) is 1. The summed E-state index contributed by atoms with van der Waals surface area (Å²) in [6, 6.07) is 0. The molecule has 1 aliphatic heterocycles. The van der Waals surface area contributed by atoms with Crippen molar-refractivity contribution in [1.82, 2.24) is 9.62 Å². The Balaban J connectivity index is 2.59. The molecule has 1 aliphatic rings. The molecule has 20 heavy (non-hydrogen) atoms. The fraction of sp³-hybridized carbons (Fsp3) is 0.692. The molecule has 1 N–H and O–H groups in total. The van der Waals surface area contributed by atoms with Crippen LogP contribution < -0.4 is 4.72 Å². The Labute approximate surface area is 120 Å². The van der Waals surface area contributed by atoms with Crippen LogP contribution in [0.15, 0.2) is 18.1 Å². The summed E-state index contributed by atoms with van der Waals surface area (Å²) in [6.07, 6.45) is 8.30. The highest BCUT2D eigenvalue weighted by Gasteiger charge is 2.32. The second kappa shape index (κ2) is 7.19. The maximum absolute atomic E-state index is 14.0. The van der Waals surface area contributed by atoms with E-state index in [2.05, 4.69) is 10.8 Å². The molecular weight excluding hydrogens is 283 g/mol. The Kier molecular flexibility index (Phi) is 6.16. The predicted molar refractivity (Wildman–Crippen MR) is 76.1 cm³/mol. The Morgan fingerprint density at radius 3 is 2.85 bits per heavy atom. The van der Waals surface area contributed by atoms with Gasteiger partial charge in [-0.1, -0.05) is 6.08 Å². The van der Waals surface area contributed by atoms with Crippen molar-refractivity contribution >= 4 is 10.0 Å². The van der Waals surface area contributed by atoms with Crippen molar-refractivity contribution in [3.8, 4) is 0 Å². The van der Waals surface area contributed by atoms with Crippen LogP contribution >= 0.6 is 0 Å². The standard InChI is InChI=1S/C13H22FN2O3S/c1-13(8-11-19-2)7-4-6-12(14)16(13)10-5-9-15-20(3,17)18/h4,6,15H,5,8-11H2,1-3H3. The summed E-state index contributed by atoms with van der Waals surface area (Å²) in [5, 5.41) is 0. The molecule has 1 atom stereocenters.